The predicted octanol–water partition coefficient (Wildman–Crippen LogP) is 6.02. The van der Waals surface area contributed by atoms with Crippen molar-refractivity contribution in [3.05, 3.63) is 114 Å². The second kappa shape index (κ2) is 12.4. The third kappa shape index (κ3) is 5.83. The first kappa shape index (κ1) is 28.6. The molecule has 0 saturated carbocycles. The van der Waals surface area contributed by atoms with Gasteiger partial charge in [0.15, 0.2) is 17.2 Å². The lowest BCUT2D eigenvalue weighted by molar-refractivity contribution is 0.211. The number of nitrogens with two attached hydrogens (primary N) is 1. The van der Waals surface area contributed by atoms with E-state index in [1.54, 1.807) is 24.5 Å². The van der Waals surface area contributed by atoms with E-state index in [2.05, 4.69) is 54.3 Å². The molecule has 1 aliphatic rings. The van der Waals surface area contributed by atoms with Crippen molar-refractivity contribution in [2.75, 3.05) is 24.1 Å². The highest BCUT2D eigenvalue weighted by Crippen LogP contribution is 2.32. The Hall–Kier alpha value is -6.17. The SMILES string of the molecule is [C-]#[N+]c1cccc(-c2ccc3nc(-c4cccnc4N)n(-c4ccc(CN5CCC(Nc6ccnc(C#N)n6)CC5)cc4)c3n2)c1. The quantitative estimate of drug-likeness (QED) is 0.210. The Morgan fingerprint density at radius 1 is 0.935 bits per heavy atom. The first-order valence-corrected chi connectivity index (χ1v) is 15.0. The smallest absolute Gasteiger partial charge is 0.234 e. The molecule has 1 saturated heterocycles. The standard InChI is InChI=1S/C35H29N11/c1-38-26-5-2-4-24(20-26)29-11-12-30-35(42-29)46(34(43-30)28-6-3-16-40-33(28)37)27-9-7-23(8-10-27)22-45-18-14-25(15-19-45)41-31-13-17-39-32(21-36)44-31/h2-13,16-17,20,25H,14-15,18-19,22H2,(H2,37,40)(H,39,41,44). The van der Waals surface area contributed by atoms with Crippen LogP contribution in [0.4, 0.5) is 17.3 Å². The molecule has 0 radical (unpaired) electrons. The van der Waals surface area contributed by atoms with Gasteiger partial charge in [-0.2, -0.15) is 5.26 Å². The summed E-state index contributed by atoms with van der Waals surface area (Å²) in [5, 5.41) is 12.5. The molecule has 11 heteroatoms. The summed E-state index contributed by atoms with van der Waals surface area (Å²) in [6, 6.07) is 27.7. The number of nitrogens with zero attached hydrogens (tertiary/aromatic N) is 9. The van der Waals surface area contributed by atoms with Crippen LogP contribution in [-0.2, 0) is 6.54 Å². The average molecular weight is 604 g/mol. The molecule has 224 valence electrons. The van der Waals surface area contributed by atoms with Gasteiger partial charge in [-0.05, 0) is 72.5 Å². The maximum atomic E-state index is 9.07. The summed E-state index contributed by atoms with van der Waals surface area (Å²) in [6.45, 7) is 10.2. The molecule has 0 atom stereocenters. The fourth-order valence-electron chi connectivity index (χ4n) is 5.83. The first-order chi connectivity index (χ1) is 22.6. The van der Waals surface area contributed by atoms with Gasteiger partial charge < -0.3 is 11.1 Å². The number of anilines is 2. The zero-order valence-corrected chi connectivity index (χ0v) is 24.9. The highest BCUT2D eigenvalue weighted by molar-refractivity contribution is 5.84. The van der Waals surface area contributed by atoms with E-state index in [4.69, 9.17) is 27.5 Å². The molecule has 1 fully saturated rings. The van der Waals surface area contributed by atoms with Gasteiger partial charge in [0.25, 0.3) is 0 Å². The number of piperidine rings is 1. The lowest BCUT2D eigenvalue weighted by Gasteiger charge is -2.32. The molecule has 11 nitrogen and oxygen atoms in total. The van der Waals surface area contributed by atoms with Gasteiger partial charge in [0, 0.05) is 43.8 Å². The van der Waals surface area contributed by atoms with Crippen molar-refractivity contribution in [1.82, 2.24) is 34.4 Å². The minimum atomic E-state index is 0.174. The van der Waals surface area contributed by atoms with E-state index in [0.29, 0.717) is 34.8 Å². The van der Waals surface area contributed by atoms with Crippen LogP contribution >= 0.6 is 0 Å². The number of pyridine rings is 2. The van der Waals surface area contributed by atoms with Crippen LogP contribution in [0.3, 0.4) is 0 Å². The van der Waals surface area contributed by atoms with E-state index < -0.39 is 0 Å². The molecule has 4 aromatic heterocycles. The van der Waals surface area contributed by atoms with E-state index in [-0.39, 0.29) is 5.82 Å². The number of imidazole rings is 1. The summed E-state index contributed by atoms with van der Waals surface area (Å²) in [7, 11) is 0. The number of hydrogen-bond donors (Lipinski definition) is 2. The summed E-state index contributed by atoms with van der Waals surface area (Å²) >= 11 is 0. The summed E-state index contributed by atoms with van der Waals surface area (Å²) < 4.78 is 2.02. The van der Waals surface area contributed by atoms with Gasteiger partial charge in [0.05, 0.1) is 17.8 Å². The van der Waals surface area contributed by atoms with E-state index in [0.717, 1.165) is 60.5 Å². The van der Waals surface area contributed by atoms with E-state index in [1.807, 2.05) is 53.1 Å². The van der Waals surface area contributed by atoms with Gasteiger partial charge >= 0.3 is 0 Å². The lowest BCUT2D eigenvalue weighted by atomic mass is 10.0. The lowest BCUT2D eigenvalue weighted by Crippen LogP contribution is -2.38. The average Bonchev–Trinajstić information content (AvgIpc) is 3.48. The Bertz CT molecular complexity index is 2110. The molecule has 46 heavy (non-hydrogen) atoms. The van der Waals surface area contributed by atoms with Gasteiger partial charge in [0.2, 0.25) is 5.82 Å². The summed E-state index contributed by atoms with van der Waals surface area (Å²) in [4.78, 5) is 28.5. The zero-order valence-electron chi connectivity index (χ0n) is 24.9. The molecular weight excluding hydrogens is 574 g/mol. The monoisotopic (exact) mass is 603 g/mol. The Morgan fingerprint density at radius 2 is 1.78 bits per heavy atom. The largest absolute Gasteiger partial charge is 0.383 e. The molecule has 0 bridgehead atoms. The molecule has 1 aliphatic heterocycles. The van der Waals surface area contributed by atoms with E-state index in [9.17, 15) is 0 Å². The summed E-state index contributed by atoms with van der Waals surface area (Å²) in [6.07, 6.45) is 5.24. The van der Waals surface area contributed by atoms with Crippen LogP contribution in [0, 0.1) is 17.9 Å². The fraction of sp³-hybridized carbons (Fsp3) is 0.171. The molecule has 3 N–H and O–H groups in total. The highest BCUT2D eigenvalue weighted by Gasteiger charge is 2.21. The number of nitrogens with one attached hydrogen (secondary N) is 1. The number of nitriles is 1. The number of benzene rings is 2. The van der Waals surface area contributed by atoms with Crippen molar-refractivity contribution < 1.29 is 0 Å². The molecule has 5 heterocycles. The maximum absolute atomic E-state index is 9.07. The zero-order chi connectivity index (χ0) is 31.5. The fourth-order valence-corrected chi connectivity index (χ4v) is 5.83. The van der Waals surface area contributed by atoms with Crippen molar-refractivity contribution in [2.45, 2.75) is 25.4 Å². The Balaban J connectivity index is 1.14. The van der Waals surface area contributed by atoms with Gasteiger partial charge in [0.1, 0.15) is 23.2 Å². The van der Waals surface area contributed by atoms with Crippen LogP contribution in [0.15, 0.2) is 91.3 Å². The molecule has 0 spiro atoms. The topological polar surface area (TPSA) is 139 Å². The molecule has 7 rings (SSSR count). The molecular formula is C35H29N11. The molecule has 0 amide bonds. The Labute approximate surface area is 265 Å². The van der Waals surface area contributed by atoms with Crippen molar-refractivity contribution >= 4 is 28.5 Å². The molecule has 6 aromatic rings. The number of aromatic nitrogens is 6. The first-order valence-electron chi connectivity index (χ1n) is 15.0. The number of hydrogen-bond acceptors (Lipinski definition) is 9. The van der Waals surface area contributed by atoms with Crippen LogP contribution in [-0.4, -0.2) is 53.5 Å². The van der Waals surface area contributed by atoms with Crippen LogP contribution in [0.1, 0.15) is 24.2 Å². The van der Waals surface area contributed by atoms with Crippen LogP contribution in [0.5, 0.6) is 0 Å². The minimum Gasteiger partial charge on any atom is -0.383 e. The number of fused-ring (bicyclic) bond motifs is 1. The van der Waals surface area contributed by atoms with Crippen molar-refractivity contribution in [3.63, 3.8) is 0 Å². The van der Waals surface area contributed by atoms with Crippen LogP contribution in [0.2, 0.25) is 0 Å². The predicted molar refractivity (Wildman–Crippen MR) is 177 cm³/mol. The van der Waals surface area contributed by atoms with E-state index >= 15 is 0 Å². The summed E-state index contributed by atoms with van der Waals surface area (Å²) in [5.41, 5.74) is 12.8. The van der Waals surface area contributed by atoms with Crippen molar-refractivity contribution in [3.8, 4) is 34.4 Å². The minimum absolute atomic E-state index is 0.174. The van der Waals surface area contributed by atoms with Crippen molar-refractivity contribution in [2.24, 2.45) is 0 Å². The van der Waals surface area contributed by atoms with E-state index in [1.165, 1.54) is 5.56 Å². The number of nitrogen functional groups attached to an aromatic ring is 1. The van der Waals surface area contributed by atoms with Gasteiger partial charge in [-0.25, -0.2) is 29.8 Å². The summed E-state index contributed by atoms with van der Waals surface area (Å²) in [5.74, 6) is 1.92. The third-order valence-corrected chi connectivity index (χ3v) is 8.15. The molecule has 0 unspecified atom stereocenters. The van der Waals surface area contributed by atoms with Gasteiger partial charge in [-0.15, -0.1) is 0 Å². The molecule has 0 aliphatic carbocycles. The second-order valence-electron chi connectivity index (χ2n) is 11.1. The highest BCUT2D eigenvalue weighted by atomic mass is 15.2. The van der Waals surface area contributed by atoms with Crippen LogP contribution < -0.4 is 11.1 Å². The number of likely N-dealkylation sites (tertiary alicyclic amines) is 1. The maximum Gasteiger partial charge on any atom is 0.234 e. The normalized spacial score (nSPS) is 13.7. The van der Waals surface area contributed by atoms with Crippen LogP contribution in [0.25, 0.3) is 44.3 Å². The van der Waals surface area contributed by atoms with Gasteiger partial charge in [-0.1, -0.05) is 30.3 Å². The van der Waals surface area contributed by atoms with Crippen molar-refractivity contribution in [1.29, 1.82) is 5.26 Å². The molecule has 2 aromatic carbocycles. The Kier molecular flexibility index (Phi) is 7.73. The second-order valence-corrected chi connectivity index (χ2v) is 11.1. The Morgan fingerprint density at radius 3 is 2.57 bits per heavy atom. The third-order valence-electron chi connectivity index (χ3n) is 8.15. The number of rotatable bonds is 7. The van der Waals surface area contributed by atoms with Gasteiger partial charge in [-0.3, -0.25) is 9.47 Å².